The molecule has 3 rings (SSSR count). The van der Waals surface area contributed by atoms with Gasteiger partial charge in [0.05, 0.1) is 5.57 Å². The van der Waals surface area contributed by atoms with E-state index >= 15 is 0 Å². The van der Waals surface area contributed by atoms with Crippen molar-refractivity contribution in [3.8, 4) is 5.75 Å². The molecule has 1 atom stereocenters. The molecule has 1 aromatic carbocycles. The lowest BCUT2D eigenvalue weighted by Crippen LogP contribution is -2.27. The van der Waals surface area contributed by atoms with Crippen LogP contribution in [0, 0.1) is 0 Å². The summed E-state index contributed by atoms with van der Waals surface area (Å²) in [6, 6.07) is 7.45. The number of nitrogens with two attached hydrogens (primary N) is 1. The van der Waals surface area contributed by atoms with Gasteiger partial charge in [-0.3, -0.25) is 4.79 Å². The minimum Gasteiger partial charge on any atom is -0.481 e. The molecule has 3 heteroatoms. The fraction of sp³-hybridized carbons (Fsp3) is 0.0714. The molecule has 0 bridgehead atoms. The summed E-state index contributed by atoms with van der Waals surface area (Å²) in [6.45, 7) is 0. The normalized spacial score (nSPS) is 20.6. The predicted molar refractivity (Wildman–Crippen MR) is 65.3 cm³/mol. The van der Waals surface area contributed by atoms with Crippen molar-refractivity contribution in [3.63, 3.8) is 0 Å². The highest BCUT2D eigenvalue weighted by Crippen LogP contribution is 2.37. The van der Waals surface area contributed by atoms with Crippen LogP contribution in [0.1, 0.15) is 5.56 Å². The molecule has 1 aliphatic carbocycles. The summed E-state index contributed by atoms with van der Waals surface area (Å²) in [5.41, 5.74) is 7.63. The minimum absolute atomic E-state index is 0.211. The second-order valence-electron chi connectivity index (χ2n) is 3.97. The molecule has 1 aromatic rings. The van der Waals surface area contributed by atoms with E-state index < -0.39 is 5.91 Å². The van der Waals surface area contributed by atoms with Gasteiger partial charge in [-0.2, -0.15) is 0 Å². The lowest BCUT2D eigenvalue weighted by molar-refractivity contribution is -0.112. The van der Waals surface area contributed by atoms with E-state index in [4.69, 9.17) is 10.5 Å². The number of allylic oxidation sites excluding steroid dienone is 2. The SMILES string of the molecule is NC(=O)C1=C2C=CC=CC2Oc2ccccc21. The maximum Gasteiger partial charge on any atom is 0.249 e. The van der Waals surface area contributed by atoms with Crippen molar-refractivity contribution in [1.82, 2.24) is 0 Å². The number of ether oxygens (including phenoxy) is 1. The first-order valence-electron chi connectivity index (χ1n) is 5.42. The van der Waals surface area contributed by atoms with Crippen LogP contribution in [0.15, 0.2) is 54.1 Å². The Bertz CT molecular complexity index is 582. The monoisotopic (exact) mass is 225 g/mol. The molecule has 0 spiro atoms. The predicted octanol–water partition coefficient (Wildman–Crippen LogP) is 1.81. The van der Waals surface area contributed by atoms with Gasteiger partial charge in [0.2, 0.25) is 5.91 Å². The van der Waals surface area contributed by atoms with Crippen LogP contribution in [0.3, 0.4) is 0 Å². The molecule has 1 aliphatic heterocycles. The van der Waals surface area contributed by atoms with Crippen molar-refractivity contribution in [2.75, 3.05) is 0 Å². The molecular formula is C14H11NO2. The van der Waals surface area contributed by atoms with Crippen LogP contribution in [-0.4, -0.2) is 12.0 Å². The first-order chi connectivity index (χ1) is 8.27. The third-order valence-electron chi connectivity index (χ3n) is 2.92. The number of carbonyl (C=O) groups excluding carboxylic acids is 1. The molecular weight excluding hydrogens is 214 g/mol. The zero-order valence-electron chi connectivity index (χ0n) is 9.09. The highest BCUT2D eigenvalue weighted by Gasteiger charge is 2.28. The van der Waals surface area contributed by atoms with Gasteiger partial charge in [-0.1, -0.05) is 36.4 Å². The van der Waals surface area contributed by atoms with Crippen molar-refractivity contribution >= 4 is 11.5 Å². The summed E-state index contributed by atoms with van der Waals surface area (Å²) in [4.78, 5) is 11.6. The average Bonchev–Trinajstić information content (AvgIpc) is 2.35. The number of rotatable bonds is 1. The standard InChI is InChI=1S/C14H11NO2/c15-14(16)13-9-5-1-3-7-11(9)17-12-8-4-2-6-10(12)13/h1-8,11H,(H2,15,16). The van der Waals surface area contributed by atoms with Crippen molar-refractivity contribution in [1.29, 1.82) is 0 Å². The molecule has 1 heterocycles. The van der Waals surface area contributed by atoms with Crippen LogP contribution in [-0.2, 0) is 4.79 Å². The Hall–Kier alpha value is -2.29. The quantitative estimate of drug-likeness (QED) is 0.792. The maximum atomic E-state index is 11.6. The van der Waals surface area contributed by atoms with Crippen LogP contribution in [0.5, 0.6) is 5.75 Å². The fourth-order valence-electron chi connectivity index (χ4n) is 2.19. The molecule has 3 nitrogen and oxygen atoms in total. The molecule has 17 heavy (non-hydrogen) atoms. The van der Waals surface area contributed by atoms with E-state index in [-0.39, 0.29) is 6.10 Å². The number of benzene rings is 1. The fourth-order valence-corrected chi connectivity index (χ4v) is 2.19. The van der Waals surface area contributed by atoms with E-state index in [0.717, 1.165) is 11.1 Å². The summed E-state index contributed by atoms with van der Waals surface area (Å²) in [5.74, 6) is 0.288. The van der Waals surface area contributed by atoms with E-state index in [9.17, 15) is 4.79 Å². The van der Waals surface area contributed by atoms with Crippen molar-refractivity contribution < 1.29 is 9.53 Å². The number of primary amides is 1. The van der Waals surface area contributed by atoms with Crippen molar-refractivity contribution in [2.45, 2.75) is 6.10 Å². The number of amides is 1. The smallest absolute Gasteiger partial charge is 0.249 e. The zero-order valence-corrected chi connectivity index (χ0v) is 9.09. The summed E-state index contributed by atoms with van der Waals surface area (Å²) in [6.07, 6.45) is 7.36. The largest absolute Gasteiger partial charge is 0.481 e. The van der Waals surface area contributed by atoms with Crippen LogP contribution in [0.2, 0.25) is 0 Å². The Kier molecular flexibility index (Phi) is 2.11. The van der Waals surface area contributed by atoms with Gasteiger partial charge in [0.25, 0.3) is 0 Å². The van der Waals surface area contributed by atoms with Crippen molar-refractivity contribution in [2.24, 2.45) is 5.73 Å². The zero-order chi connectivity index (χ0) is 11.8. The number of para-hydroxylation sites is 1. The van der Waals surface area contributed by atoms with Crippen LogP contribution < -0.4 is 10.5 Å². The molecule has 0 fully saturated rings. The number of fused-ring (bicyclic) bond motifs is 2. The first-order valence-corrected chi connectivity index (χ1v) is 5.42. The maximum absolute atomic E-state index is 11.6. The van der Waals surface area contributed by atoms with Gasteiger partial charge in [-0.05, 0) is 12.1 Å². The molecule has 0 saturated heterocycles. The third-order valence-corrected chi connectivity index (χ3v) is 2.92. The second-order valence-corrected chi connectivity index (χ2v) is 3.97. The van der Waals surface area contributed by atoms with Crippen LogP contribution in [0.25, 0.3) is 5.57 Å². The Morgan fingerprint density at radius 2 is 2.06 bits per heavy atom. The van der Waals surface area contributed by atoms with Gasteiger partial charge in [0.1, 0.15) is 11.9 Å². The number of hydrogen-bond acceptors (Lipinski definition) is 2. The highest BCUT2D eigenvalue weighted by atomic mass is 16.5. The lowest BCUT2D eigenvalue weighted by Gasteiger charge is -2.28. The summed E-state index contributed by atoms with van der Waals surface area (Å²) < 4.78 is 5.81. The Morgan fingerprint density at radius 3 is 2.88 bits per heavy atom. The molecule has 2 N–H and O–H groups in total. The molecule has 2 aliphatic rings. The molecule has 0 radical (unpaired) electrons. The Labute approximate surface area is 98.9 Å². The van der Waals surface area contributed by atoms with E-state index in [2.05, 4.69) is 0 Å². The summed E-state index contributed by atoms with van der Waals surface area (Å²) in [7, 11) is 0. The molecule has 0 aromatic heterocycles. The van der Waals surface area contributed by atoms with E-state index in [1.54, 1.807) is 0 Å². The van der Waals surface area contributed by atoms with Gasteiger partial charge < -0.3 is 10.5 Å². The van der Waals surface area contributed by atoms with Crippen LogP contribution in [0.4, 0.5) is 0 Å². The topological polar surface area (TPSA) is 52.3 Å². The van der Waals surface area contributed by atoms with Crippen LogP contribution >= 0.6 is 0 Å². The van der Waals surface area contributed by atoms with Crippen molar-refractivity contribution in [3.05, 3.63) is 59.7 Å². The minimum atomic E-state index is -0.416. The molecule has 84 valence electrons. The molecule has 1 amide bonds. The van der Waals surface area contributed by atoms with E-state index in [1.165, 1.54) is 0 Å². The molecule has 1 unspecified atom stereocenters. The number of hydrogen-bond donors (Lipinski definition) is 1. The second kappa shape index (κ2) is 3.63. The Balaban J connectivity index is 2.27. The third kappa shape index (κ3) is 1.47. The van der Waals surface area contributed by atoms with Gasteiger partial charge in [-0.15, -0.1) is 0 Å². The van der Waals surface area contributed by atoms with E-state index in [0.29, 0.717) is 11.3 Å². The lowest BCUT2D eigenvalue weighted by atomic mass is 9.90. The van der Waals surface area contributed by atoms with E-state index in [1.807, 2.05) is 48.6 Å². The van der Waals surface area contributed by atoms with Gasteiger partial charge in [0.15, 0.2) is 0 Å². The molecule has 0 saturated carbocycles. The van der Waals surface area contributed by atoms with Gasteiger partial charge in [0, 0.05) is 11.1 Å². The summed E-state index contributed by atoms with van der Waals surface area (Å²) in [5, 5.41) is 0. The first kappa shape index (κ1) is 9.90. The van der Waals surface area contributed by atoms with Gasteiger partial charge in [-0.25, -0.2) is 0 Å². The summed E-state index contributed by atoms with van der Waals surface area (Å²) >= 11 is 0. The van der Waals surface area contributed by atoms with Gasteiger partial charge >= 0.3 is 0 Å². The number of carbonyl (C=O) groups is 1. The average molecular weight is 225 g/mol. The highest BCUT2D eigenvalue weighted by molar-refractivity contribution is 6.21. The Morgan fingerprint density at radius 1 is 1.24 bits per heavy atom.